The Kier molecular flexibility index (Phi) is 4.20. The quantitative estimate of drug-likeness (QED) is 0.781. The van der Waals surface area contributed by atoms with Gasteiger partial charge in [-0.25, -0.2) is 0 Å². The standard InChI is InChI=1S/C16H26N2O3/c19-14(9-16(15(20)21)6-1-2-7-16)17-10-12-5-8-18(11-12)13-3-4-13/h12-13H,1-11H2,(H,17,19)(H,20,21). The Labute approximate surface area is 126 Å². The fourth-order valence-electron chi connectivity index (χ4n) is 3.95. The van der Waals surface area contributed by atoms with Gasteiger partial charge in [-0.05, 0) is 44.6 Å². The predicted octanol–water partition coefficient (Wildman–Crippen LogP) is 1.62. The Morgan fingerprint density at radius 1 is 1.19 bits per heavy atom. The van der Waals surface area contributed by atoms with Gasteiger partial charge in [0.2, 0.25) is 5.91 Å². The summed E-state index contributed by atoms with van der Waals surface area (Å²) in [6, 6.07) is 0.805. The molecule has 2 saturated carbocycles. The molecule has 3 aliphatic rings. The third-order valence-corrected chi connectivity index (χ3v) is 5.48. The number of amides is 1. The number of likely N-dealkylation sites (tertiary alicyclic amines) is 1. The molecular formula is C16H26N2O3. The maximum Gasteiger partial charge on any atom is 0.310 e. The summed E-state index contributed by atoms with van der Waals surface area (Å²) in [5, 5.41) is 12.4. The molecule has 0 bridgehead atoms. The minimum absolute atomic E-state index is 0.0795. The van der Waals surface area contributed by atoms with Crippen LogP contribution in [0.2, 0.25) is 0 Å². The van der Waals surface area contributed by atoms with E-state index in [1.54, 1.807) is 0 Å². The van der Waals surface area contributed by atoms with Crippen LogP contribution in [0.4, 0.5) is 0 Å². The number of carbonyl (C=O) groups excluding carboxylic acids is 1. The molecule has 1 saturated heterocycles. The van der Waals surface area contributed by atoms with Crippen LogP contribution in [0.25, 0.3) is 0 Å². The second-order valence-corrected chi connectivity index (χ2v) is 7.15. The molecular weight excluding hydrogens is 268 g/mol. The third-order valence-electron chi connectivity index (χ3n) is 5.48. The normalized spacial score (nSPS) is 28.7. The summed E-state index contributed by atoms with van der Waals surface area (Å²) in [6.45, 7) is 2.96. The van der Waals surface area contributed by atoms with E-state index in [0.717, 1.165) is 38.4 Å². The van der Waals surface area contributed by atoms with Crippen LogP contribution in [0.1, 0.15) is 51.4 Å². The Hall–Kier alpha value is -1.10. The van der Waals surface area contributed by atoms with E-state index in [2.05, 4.69) is 10.2 Å². The molecule has 1 aliphatic heterocycles. The largest absolute Gasteiger partial charge is 0.481 e. The van der Waals surface area contributed by atoms with Crippen LogP contribution in [0.5, 0.6) is 0 Å². The lowest BCUT2D eigenvalue weighted by atomic mass is 9.82. The van der Waals surface area contributed by atoms with Crippen molar-refractivity contribution >= 4 is 11.9 Å². The molecule has 3 rings (SSSR count). The van der Waals surface area contributed by atoms with Crippen molar-refractivity contribution in [1.29, 1.82) is 0 Å². The number of carbonyl (C=O) groups is 2. The van der Waals surface area contributed by atoms with Crippen molar-refractivity contribution in [1.82, 2.24) is 10.2 Å². The van der Waals surface area contributed by atoms with E-state index in [9.17, 15) is 14.7 Å². The molecule has 0 aromatic heterocycles. The summed E-state index contributed by atoms with van der Waals surface area (Å²) >= 11 is 0. The molecule has 0 spiro atoms. The first-order valence-corrected chi connectivity index (χ1v) is 8.33. The van der Waals surface area contributed by atoms with Crippen LogP contribution in [-0.4, -0.2) is 47.6 Å². The van der Waals surface area contributed by atoms with Gasteiger partial charge in [-0.15, -0.1) is 0 Å². The molecule has 0 aromatic rings. The van der Waals surface area contributed by atoms with E-state index in [-0.39, 0.29) is 12.3 Å². The first kappa shape index (κ1) is 14.8. The van der Waals surface area contributed by atoms with Crippen molar-refractivity contribution in [3.63, 3.8) is 0 Å². The van der Waals surface area contributed by atoms with Gasteiger partial charge in [0.05, 0.1) is 5.41 Å². The highest BCUT2D eigenvalue weighted by Crippen LogP contribution is 2.41. The number of carboxylic acid groups (broad SMARTS) is 1. The zero-order valence-corrected chi connectivity index (χ0v) is 12.6. The van der Waals surface area contributed by atoms with Gasteiger partial charge in [0.25, 0.3) is 0 Å². The van der Waals surface area contributed by atoms with Crippen LogP contribution in [-0.2, 0) is 9.59 Å². The second-order valence-electron chi connectivity index (χ2n) is 7.15. The highest BCUT2D eigenvalue weighted by atomic mass is 16.4. The molecule has 2 N–H and O–H groups in total. The minimum Gasteiger partial charge on any atom is -0.481 e. The number of nitrogens with zero attached hydrogens (tertiary/aromatic N) is 1. The molecule has 5 heteroatoms. The number of nitrogens with one attached hydrogen (secondary N) is 1. The molecule has 1 amide bonds. The van der Waals surface area contributed by atoms with Crippen molar-refractivity contribution in [3.05, 3.63) is 0 Å². The summed E-state index contributed by atoms with van der Waals surface area (Å²) < 4.78 is 0. The Morgan fingerprint density at radius 2 is 1.90 bits per heavy atom. The summed E-state index contributed by atoms with van der Waals surface area (Å²) in [5.74, 6) is -0.334. The molecule has 118 valence electrons. The maximum atomic E-state index is 12.1. The van der Waals surface area contributed by atoms with Crippen LogP contribution in [0, 0.1) is 11.3 Å². The number of hydrogen-bond acceptors (Lipinski definition) is 3. The van der Waals surface area contributed by atoms with Crippen molar-refractivity contribution in [3.8, 4) is 0 Å². The van der Waals surface area contributed by atoms with Gasteiger partial charge in [-0.2, -0.15) is 0 Å². The lowest BCUT2D eigenvalue weighted by Gasteiger charge is -2.23. The van der Waals surface area contributed by atoms with Gasteiger partial charge >= 0.3 is 5.97 Å². The number of hydrogen-bond donors (Lipinski definition) is 2. The third kappa shape index (κ3) is 3.39. The monoisotopic (exact) mass is 294 g/mol. The number of aliphatic carboxylic acids is 1. The smallest absolute Gasteiger partial charge is 0.310 e. The summed E-state index contributed by atoms with van der Waals surface area (Å²) in [7, 11) is 0. The Balaban J connectivity index is 1.43. The summed E-state index contributed by atoms with van der Waals surface area (Å²) in [5.41, 5.74) is -0.792. The molecule has 0 aromatic carbocycles. The molecule has 21 heavy (non-hydrogen) atoms. The lowest BCUT2D eigenvalue weighted by Crippen LogP contribution is -2.38. The first-order chi connectivity index (χ1) is 10.1. The molecule has 5 nitrogen and oxygen atoms in total. The van der Waals surface area contributed by atoms with Crippen molar-refractivity contribution < 1.29 is 14.7 Å². The summed E-state index contributed by atoms with van der Waals surface area (Å²) in [6.07, 6.45) is 7.13. The van der Waals surface area contributed by atoms with Gasteiger partial charge in [0.1, 0.15) is 0 Å². The lowest BCUT2D eigenvalue weighted by molar-refractivity contribution is -0.151. The van der Waals surface area contributed by atoms with Gasteiger partial charge < -0.3 is 15.3 Å². The van der Waals surface area contributed by atoms with Crippen LogP contribution >= 0.6 is 0 Å². The molecule has 1 unspecified atom stereocenters. The number of rotatable bonds is 6. The van der Waals surface area contributed by atoms with Crippen LogP contribution in [0.15, 0.2) is 0 Å². The second kappa shape index (κ2) is 5.95. The summed E-state index contributed by atoms with van der Waals surface area (Å²) in [4.78, 5) is 26.1. The van der Waals surface area contributed by atoms with E-state index in [0.29, 0.717) is 25.3 Å². The zero-order chi connectivity index (χ0) is 14.9. The van der Waals surface area contributed by atoms with Gasteiger partial charge in [0.15, 0.2) is 0 Å². The molecule has 1 atom stereocenters. The average molecular weight is 294 g/mol. The Bertz CT molecular complexity index is 414. The first-order valence-electron chi connectivity index (χ1n) is 8.33. The van der Waals surface area contributed by atoms with E-state index < -0.39 is 11.4 Å². The zero-order valence-electron chi connectivity index (χ0n) is 12.6. The van der Waals surface area contributed by atoms with Crippen molar-refractivity contribution in [2.75, 3.05) is 19.6 Å². The van der Waals surface area contributed by atoms with Crippen molar-refractivity contribution in [2.45, 2.75) is 57.4 Å². The molecule has 1 heterocycles. The van der Waals surface area contributed by atoms with E-state index in [1.807, 2.05) is 0 Å². The van der Waals surface area contributed by atoms with E-state index in [1.165, 1.54) is 12.8 Å². The van der Waals surface area contributed by atoms with Crippen molar-refractivity contribution in [2.24, 2.45) is 11.3 Å². The highest BCUT2D eigenvalue weighted by molar-refractivity contribution is 5.85. The van der Waals surface area contributed by atoms with Crippen LogP contribution < -0.4 is 5.32 Å². The van der Waals surface area contributed by atoms with Gasteiger partial charge in [0, 0.05) is 25.6 Å². The Morgan fingerprint density at radius 3 is 2.52 bits per heavy atom. The fraction of sp³-hybridized carbons (Fsp3) is 0.875. The predicted molar refractivity (Wildman–Crippen MR) is 78.9 cm³/mol. The highest BCUT2D eigenvalue weighted by Gasteiger charge is 2.43. The molecule has 2 aliphatic carbocycles. The SMILES string of the molecule is O=C(CC1(C(=O)O)CCCC1)NCC1CCN(C2CC2)C1. The van der Waals surface area contributed by atoms with Gasteiger partial charge in [-0.1, -0.05) is 12.8 Å². The minimum atomic E-state index is -0.795. The van der Waals surface area contributed by atoms with Crippen LogP contribution in [0.3, 0.4) is 0 Å². The van der Waals surface area contributed by atoms with Gasteiger partial charge in [-0.3, -0.25) is 9.59 Å². The molecule has 0 radical (unpaired) electrons. The van der Waals surface area contributed by atoms with E-state index >= 15 is 0 Å². The number of carboxylic acids is 1. The topological polar surface area (TPSA) is 69.6 Å². The fourth-order valence-corrected chi connectivity index (χ4v) is 3.95. The molecule has 3 fully saturated rings. The maximum absolute atomic E-state index is 12.1. The average Bonchev–Trinajstić information content (AvgIpc) is 3.01. The van der Waals surface area contributed by atoms with E-state index in [4.69, 9.17) is 0 Å².